The summed E-state index contributed by atoms with van der Waals surface area (Å²) in [5.74, 6) is 0.129. The number of unbranched alkanes of at least 4 members (excludes halogenated alkanes) is 3. The van der Waals surface area contributed by atoms with Crippen LogP contribution in [0.1, 0.15) is 88.9 Å². The molecule has 5 heteroatoms. The molecule has 2 N–H and O–H groups in total. The minimum atomic E-state index is -0.522. The van der Waals surface area contributed by atoms with E-state index in [0.717, 1.165) is 43.2 Å². The molecule has 29 heavy (non-hydrogen) atoms. The van der Waals surface area contributed by atoms with Crippen LogP contribution in [0.5, 0.6) is 0 Å². The first-order chi connectivity index (χ1) is 13.6. The van der Waals surface area contributed by atoms with Gasteiger partial charge in [-0.2, -0.15) is 0 Å². The molecule has 4 nitrogen and oxygen atoms in total. The van der Waals surface area contributed by atoms with Gasteiger partial charge in [0.2, 0.25) is 0 Å². The zero-order chi connectivity index (χ0) is 21.6. The van der Waals surface area contributed by atoms with Gasteiger partial charge in [0.1, 0.15) is 0 Å². The summed E-state index contributed by atoms with van der Waals surface area (Å²) in [4.78, 5) is 11.2. The van der Waals surface area contributed by atoms with Crippen LogP contribution in [-0.4, -0.2) is 34.8 Å². The first kappa shape index (κ1) is 24.2. The third kappa shape index (κ3) is 6.70. The fraction of sp³-hybridized carbons (Fsp3) is 0.708. The summed E-state index contributed by atoms with van der Waals surface area (Å²) in [6.07, 6.45) is 5.06. The van der Waals surface area contributed by atoms with E-state index >= 15 is 0 Å². The van der Waals surface area contributed by atoms with Crippen LogP contribution in [0.25, 0.3) is 0 Å². The highest BCUT2D eigenvalue weighted by atomic mass is 35.5. The number of aliphatic hydroxyl groups is 2. The van der Waals surface area contributed by atoms with Crippen LogP contribution >= 0.6 is 11.6 Å². The van der Waals surface area contributed by atoms with Gasteiger partial charge in [0, 0.05) is 17.7 Å². The second-order valence-electron chi connectivity index (χ2n) is 9.47. The number of methoxy groups -OCH3 is 1. The van der Waals surface area contributed by atoms with Gasteiger partial charge < -0.3 is 14.9 Å². The Morgan fingerprint density at radius 1 is 1.17 bits per heavy atom. The van der Waals surface area contributed by atoms with E-state index in [0.29, 0.717) is 12.8 Å². The molecule has 0 aromatic heterocycles. The normalized spacial score (nSPS) is 25.8. The summed E-state index contributed by atoms with van der Waals surface area (Å²) in [7, 11) is 1.42. The maximum Gasteiger partial charge on any atom is 0.305 e. The molecule has 1 fully saturated rings. The minimum absolute atomic E-state index is 0.0232. The standard InChI is InChI=1S/C24H37ClO4/c1-24(2,3)23(28)17-13-11-16(12-14-17)22-18(19(25)15-20(22)26)9-7-5-6-8-10-21(27)29-4/h11-14,18-20,22-23,26,28H,5-10,15H2,1-4H3/t18?,19-,20-,22-,23?/m1/s1. The molecule has 0 radical (unpaired) electrons. The predicted octanol–water partition coefficient (Wildman–Crippen LogP) is 5.35. The summed E-state index contributed by atoms with van der Waals surface area (Å²) in [5.41, 5.74) is 1.78. The molecule has 0 spiro atoms. The van der Waals surface area contributed by atoms with Crippen molar-refractivity contribution in [2.75, 3.05) is 7.11 Å². The third-order valence-corrected chi connectivity index (χ3v) is 6.66. The highest BCUT2D eigenvalue weighted by molar-refractivity contribution is 6.21. The lowest BCUT2D eigenvalue weighted by atomic mass is 9.81. The smallest absolute Gasteiger partial charge is 0.305 e. The first-order valence-corrected chi connectivity index (χ1v) is 11.3. The van der Waals surface area contributed by atoms with Gasteiger partial charge in [-0.25, -0.2) is 0 Å². The van der Waals surface area contributed by atoms with Crippen molar-refractivity contribution in [3.05, 3.63) is 35.4 Å². The molecular formula is C24H37ClO4. The Bertz CT molecular complexity index is 637. The fourth-order valence-corrected chi connectivity index (χ4v) is 4.86. The van der Waals surface area contributed by atoms with E-state index in [1.54, 1.807) is 0 Å². The van der Waals surface area contributed by atoms with Crippen molar-refractivity contribution in [2.24, 2.45) is 11.3 Å². The second-order valence-corrected chi connectivity index (χ2v) is 10.0. The van der Waals surface area contributed by atoms with E-state index in [4.69, 9.17) is 11.6 Å². The Labute approximate surface area is 180 Å². The largest absolute Gasteiger partial charge is 0.469 e. The van der Waals surface area contributed by atoms with Crippen molar-refractivity contribution in [1.82, 2.24) is 0 Å². The van der Waals surface area contributed by atoms with Crippen molar-refractivity contribution < 1.29 is 19.7 Å². The Hall–Kier alpha value is -1.10. The average molecular weight is 425 g/mol. The van der Waals surface area contributed by atoms with Crippen molar-refractivity contribution in [2.45, 2.75) is 89.2 Å². The molecule has 0 amide bonds. The molecule has 1 aromatic carbocycles. The van der Waals surface area contributed by atoms with E-state index in [-0.39, 0.29) is 28.6 Å². The molecule has 5 atom stereocenters. The first-order valence-electron chi connectivity index (χ1n) is 10.8. The van der Waals surface area contributed by atoms with Crippen LogP contribution in [-0.2, 0) is 9.53 Å². The lowest BCUT2D eigenvalue weighted by molar-refractivity contribution is -0.140. The van der Waals surface area contributed by atoms with E-state index < -0.39 is 12.2 Å². The molecule has 2 rings (SSSR count). The average Bonchev–Trinajstić information content (AvgIpc) is 2.96. The van der Waals surface area contributed by atoms with Crippen LogP contribution in [0.4, 0.5) is 0 Å². The number of benzene rings is 1. The SMILES string of the molecule is COC(=O)CCCCCCC1[C@H](Cl)C[C@@H](O)[C@@H]1c1ccc(C(O)C(C)(C)C)cc1. The molecule has 2 unspecified atom stereocenters. The molecule has 1 aliphatic rings. The van der Waals surface area contributed by atoms with Crippen LogP contribution in [0.2, 0.25) is 0 Å². The molecule has 1 aromatic rings. The van der Waals surface area contributed by atoms with E-state index in [1.165, 1.54) is 7.11 Å². The molecule has 0 saturated heterocycles. The lowest BCUT2D eigenvalue weighted by Gasteiger charge is -2.27. The number of esters is 1. The van der Waals surface area contributed by atoms with Gasteiger partial charge in [0.25, 0.3) is 0 Å². The predicted molar refractivity (Wildman–Crippen MR) is 117 cm³/mol. The summed E-state index contributed by atoms with van der Waals surface area (Å²) in [5, 5.41) is 21.1. The molecule has 0 bridgehead atoms. The highest BCUT2D eigenvalue weighted by Gasteiger charge is 2.42. The van der Waals surface area contributed by atoms with E-state index in [1.807, 2.05) is 45.0 Å². The number of hydrogen-bond donors (Lipinski definition) is 2. The zero-order valence-corrected chi connectivity index (χ0v) is 19.0. The Balaban J connectivity index is 1.94. The maximum absolute atomic E-state index is 11.2. The maximum atomic E-state index is 11.2. The highest BCUT2D eigenvalue weighted by Crippen LogP contribution is 2.45. The number of alkyl halides is 1. The Morgan fingerprint density at radius 2 is 1.79 bits per heavy atom. The minimum Gasteiger partial charge on any atom is -0.469 e. The molecule has 164 valence electrons. The lowest BCUT2D eigenvalue weighted by Crippen LogP contribution is -2.20. The van der Waals surface area contributed by atoms with Crippen molar-refractivity contribution in [3.63, 3.8) is 0 Å². The van der Waals surface area contributed by atoms with Crippen LogP contribution in [0.3, 0.4) is 0 Å². The Morgan fingerprint density at radius 3 is 2.38 bits per heavy atom. The van der Waals surface area contributed by atoms with Crippen molar-refractivity contribution in [1.29, 1.82) is 0 Å². The summed E-state index contributed by atoms with van der Waals surface area (Å²) in [6.45, 7) is 6.06. The van der Waals surface area contributed by atoms with Crippen molar-refractivity contribution >= 4 is 17.6 Å². The van der Waals surface area contributed by atoms with Gasteiger partial charge in [-0.05, 0) is 41.7 Å². The summed E-state index contributed by atoms with van der Waals surface area (Å²) in [6, 6.07) is 8.03. The van der Waals surface area contributed by atoms with Crippen molar-refractivity contribution in [3.8, 4) is 0 Å². The van der Waals surface area contributed by atoms with Gasteiger partial charge in [0.05, 0.1) is 19.3 Å². The topological polar surface area (TPSA) is 66.8 Å². The number of rotatable bonds is 9. The number of carbonyl (C=O) groups excluding carboxylic acids is 1. The summed E-state index contributed by atoms with van der Waals surface area (Å²) < 4.78 is 4.67. The van der Waals surface area contributed by atoms with Crippen LogP contribution in [0.15, 0.2) is 24.3 Å². The van der Waals surface area contributed by atoms with Gasteiger partial charge >= 0.3 is 5.97 Å². The molecule has 0 aliphatic heterocycles. The van der Waals surface area contributed by atoms with E-state index in [9.17, 15) is 15.0 Å². The molecule has 0 heterocycles. The quantitative estimate of drug-likeness (QED) is 0.318. The monoisotopic (exact) mass is 424 g/mol. The Kier molecular flexibility index (Phi) is 8.99. The van der Waals surface area contributed by atoms with Gasteiger partial charge in [-0.1, -0.05) is 64.3 Å². The summed E-state index contributed by atoms with van der Waals surface area (Å²) >= 11 is 6.60. The van der Waals surface area contributed by atoms with Gasteiger partial charge in [-0.15, -0.1) is 11.6 Å². The van der Waals surface area contributed by atoms with Gasteiger partial charge in [-0.3, -0.25) is 4.79 Å². The van der Waals surface area contributed by atoms with Gasteiger partial charge in [0.15, 0.2) is 0 Å². The van der Waals surface area contributed by atoms with Crippen LogP contribution < -0.4 is 0 Å². The third-order valence-electron chi connectivity index (χ3n) is 6.16. The fourth-order valence-electron chi connectivity index (χ4n) is 4.40. The molecule has 1 aliphatic carbocycles. The molecule has 1 saturated carbocycles. The molecular weight excluding hydrogens is 388 g/mol. The number of aliphatic hydroxyl groups excluding tert-OH is 2. The number of halogens is 1. The van der Waals surface area contributed by atoms with E-state index in [2.05, 4.69) is 4.74 Å². The number of hydrogen-bond acceptors (Lipinski definition) is 4. The second kappa shape index (κ2) is 10.8. The zero-order valence-electron chi connectivity index (χ0n) is 18.2. The number of carbonyl (C=O) groups is 1. The number of ether oxygens (including phenoxy) is 1. The van der Waals surface area contributed by atoms with Crippen LogP contribution in [0, 0.1) is 11.3 Å².